The molecular weight excluding hydrogens is 436 g/mol. The molecule has 1 N–H and O–H groups in total. The lowest BCUT2D eigenvalue weighted by Gasteiger charge is -2.24. The Kier molecular flexibility index (Phi) is 5.47. The van der Waals surface area contributed by atoms with Crippen LogP contribution in [0.15, 0.2) is 53.1 Å². The van der Waals surface area contributed by atoms with E-state index in [1.807, 2.05) is 31.2 Å². The number of carbonyl (C=O) groups is 3. The van der Waals surface area contributed by atoms with Crippen molar-refractivity contribution in [2.45, 2.75) is 19.9 Å². The highest BCUT2D eigenvalue weighted by Gasteiger charge is 2.46. The van der Waals surface area contributed by atoms with Crippen LogP contribution in [0.2, 0.25) is 0 Å². The Balaban J connectivity index is 1.87. The molecule has 1 atom stereocenters. The summed E-state index contributed by atoms with van der Waals surface area (Å²) >= 11 is 2.21. The molecule has 0 bridgehead atoms. The number of aryl methyl sites for hydroxylation is 2. The van der Waals surface area contributed by atoms with Crippen LogP contribution in [-0.2, 0) is 9.53 Å². The van der Waals surface area contributed by atoms with Gasteiger partial charge >= 0.3 is 5.97 Å². The maximum atomic E-state index is 13.2. The van der Waals surface area contributed by atoms with Gasteiger partial charge in [0.15, 0.2) is 10.9 Å². The van der Waals surface area contributed by atoms with E-state index in [0.29, 0.717) is 16.1 Å². The second kappa shape index (κ2) is 8.09. The number of thiazole rings is 1. The van der Waals surface area contributed by atoms with Gasteiger partial charge in [-0.1, -0.05) is 47.2 Å². The van der Waals surface area contributed by atoms with Crippen molar-refractivity contribution >= 4 is 45.5 Å². The lowest BCUT2D eigenvalue weighted by Crippen LogP contribution is -2.31. The minimum atomic E-state index is -0.876. The van der Waals surface area contributed by atoms with Crippen LogP contribution >= 0.6 is 22.7 Å². The summed E-state index contributed by atoms with van der Waals surface area (Å²) < 4.78 is 4.79. The third-order valence-corrected chi connectivity index (χ3v) is 6.96. The monoisotopic (exact) mass is 454 g/mol. The standard InChI is InChI=1S/C22H18N2O5S2/c1-11-6-8-13(9-7-11)16-15(17(25)14-5-4-10-30-14)18(26)20(27)24(16)22-23-12(2)19(31-22)21(28)29-3/h4-10,16,26H,1-3H3/t16-/m1/s1. The number of aromatic nitrogens is 1. The molecule has 0 saturated carbocycles. The lowest BCUT2D eigenvalue weighted by atomic mass is 9.95. The number of ketones is 1. The Morgan fingerprint density at radius 2 is 1.87 bits per heavy atom. The van der Waals surface area contributed by atoms with Crippen LogP contribution in [0.3, 0.4) is 0 Å². The Labute approximate surface area is 186 Å². The van der Waals surface area contributed by atoms with Crippen LogP contribution in [0.5, 0.6) is 0 Å². The van der Waals surface area contributed by atoms with Crippen molar-refractivity contribution < 1.29 is 24.2 Å². The van der Waals surface area contributed by atoms with Gasteiger partial charge in [0.05, 0.1) is 29.3 Å². The van der Waals surface area contributed by atoms with Gasteiger partial charge in [0, 0.05) is 0 Å². The first-order valence-electron chi connectivity index (χ1n) is 9.30. The minimum Gasteiger partial charge on any atom is -0.503 e. The number of anilines is 1. The average Bonchev–Trinajstić information content (AvgIpc) is 3.47. The zero-order valence-corrected chi connectivity index (χ0v) is 18.5. The fourth-order valence-electron chi connectivity index (χ4n) is 3.41. The number of amides is 1. The van der Waals surface area contributed by atoms with Crippen LogP contribution in [0.25, 0.3) is 0 Å². The summed E-state index contributed by atoms with van der Waals surface area (Å²) in [4.78, 5) is 44.7. The number of benzene rings is 1. The topological polar surface area (TPSA) is 96.8 Å². The van der Waals surface area contributed by atoms with Crippen LogP contribution < -0.4 is 4.90 Å². The Hall–Kier alpha value is -3.30. The number of hydrogen-bond acceptors (Lipinski definition) is 8. The number of thiophene rings is 1. The zero-order valence-electron chi connectivity index (χ0n) is 16.9. The van der Waals surface area contributed by atoms with E-state index in [4.69, 9.17) is 4.74 Å². The van der Waals surface area contributed by atoms with Crippen molar-refractivity contribution in [3.63, 3.8) is 0 Å². The van der Waals surface area contributed by atoms with Crippen molar-refractivity contribution in [3.05, 3.63) is 79.7 Å². The second-order valence-corrected chi connectivity index (χ2v) is 8.88. The largest absolute Gasteiger partial charge is 0.503 e. The predicted molar refractivity (Wildman–Crippen MR) is 118 cm³/mol. The molecule has 0 unspecified atom stereocenters. The number of carbonyl (C=O) groups excluding carboxylic acids is 3. The normalized spacial score (nSPS) is 16.2. The Morgan fingerprint density at radius 1 is 1.16 bits per heavy atom. The molecule has 158 valence electrons. The van der Waals surface area contributed by atoms with Gasteiger partial charge in [-0.3, -0.25) is 14.5 Å². The van der Waals surface area contributed by atoms with Crippen molar-refractivity contribution in [1.29, 1.82) is 0 Å². The molecule has 1 aliphatic rings. The van der Waals surface area contributed by atoms with Gasteiger partial charge in [0.2, 0.25) is 5.78 Å². The first kappa shape index (κ1) is 21.0. The summed E-state index contributed by atoms with van der Waals surface area (Å²) in [5, 5.41) is 12.7. The molecular formula is C22H18N2O5S2. The van der Waals surface area contributed by atoms with Crippen molar-refractivity contribution in [3.8, 4) is 0 Å². The molecule has 7 nitrogen and oxygen atoms in total. The number of hydrogen-bond donors (Lipinski definition) is 1. The van der Waals surface area contributed by atoms with Crippen LogP contribution in [0.1, 0.15) is 42.2 Å². The minimum absolute atomic E-state index is 0.0104. The third-order valence-electron chi connectivity index (χ3n) is 4.95. The van der Waals surface area contributed by atoms with E-state index in [-0.39, 0.29) is 15.6 Å². The van der Waals surface area contributed by atoms with Gasteiger partial charge in [-0.15, -0.1) is 11.3 Å². The molecule has 0 saturated heterocycles. The molecule has 3 heterocycles. The molecule has 0 radical (unpaired) electrons. The number of aliphatic hydroxyl groups is 1. The summed E-state index contributed by atoms with van der Waals surface area (Å²) in [5.41, 5.74) is 2.05. The number of ether oxygens (including phenoxy) is 1. The first-order valence-corrected chi connectivity index (χ1v) is 11.0. The number of rotatable bonds is 5. The van der Waals surface area contributed by atoms with Gasteiger partial charge in [-0.2, -0.15) is 0 Å². The molecule has 9 heteroatoms. The van der Waals surface area contributed by atoms with Gasteiger partial charge in [-0.25, -0.2) is 9.78 Å². The number of methoxy groups -OCH3 is 1. The van der Waals surface area contributed by atoms with E-state index in [9.17, 15) is 19.5 Å². The molecule has 1 amide bonds. The maximum Gasteiger partial charge on any atom is 0.350 e. The van der Waals surface area contributed by atoms with Gasteiger partial charge in [-0.05, 0) is 30.9 Å². The fourth-order valence-corrected chi connectivity index (χ4v) is 5.10. The Morgan fingerprint density at radius 3 is 2.48 bits per heavy atom. The summed E-state index contributed by atoms with van der Waals surface area (Å²) in [7, 11) is 1.27. The smallest absolute Gasteiger partial charge is 0.350 e. The molecule has 1 aliphatic heterocycles. The predicted octanol–water partition coefficient (Wildman–Crippen LogP) is 4.39. The molecule has 1 aromatic carbocycles. The lowest BCUT2D eigenvalue weighted by molar-refractivity contribution is -0.117. The maximum absolute atomic E-state index is 13.2. The molecule has 2 aromatic heterocycles. The van der Waals surface area contributed by atoms with Crippen molar-refractivity contribution in [2.24, 2.45) is 0 Å². The van der Waals surface area contributed by atoms with E-state index < -0.39 is 29.5 Å². The van der Waals surface area contributed by atoms with Gasteiger partial charge in [0.1, 0.15) is 4.88 Å². The highest BCUT2D eigenvalue weighted by molar-refractivity contribution is 7.17. The second-order valence-electron chi connectivity index (χ2n) is 6.96. The number of nitrogens with zero attached hydrogens (tertiary/aromatic N) is 2. The molecule has 0 fully saturated rings. The Bertz CT molecular complexity index is 1210. The number of Topliss-reactive ketones (excluding diaryl/α,β-unsaturated/α-hetero) is 1. The van der Waals surface area contributed by atoms with Crippen LogP contribution in [0, 0.1) is 13.8 Å². The van der Waals surface area contributed by atoms with Crippen LogP contribution in [0.4, 0.5) is 5.13 Å². The average molecular weight is 455 g/mol. The van der Waals surface area contributed by atoms with E-state index in [0.717, 1.165) is 16.9 Å². The molecule has 3 aromatic rings. The summed E-state index contributed by atoms with van der Waals surface area (Å²) in [6.07, 6.45) is 0. The number of esters is 1. The highest BCUT2D eigenvalue weighted by Crippen LogP contribution is 2.44. The van der Waals surface area contributed by atoms with Crippen molar-refractivity contribution in [2.75, 3.05) is 12.0 Å². The van der Waals surface area contributed by atoms with Crippen molar-refractivity contribution in [1.82, 2.24) is 4.98 Å². The molecule has 31 heavy (non-hydrogen) atoms. The SMILES string of the molecule is COC(=O)c1sc(N2C(=O)C(O)=C(C(=O)c3cccs3)[C@H]2c2ccc(C)cc2)nc1C. The van der Waals surface area contributed by atoms with Crippen LogP contribution in [-0.4, -0.2) is 34.9 Å². The third kappa shape index (κ3) is 3.55. The fraction of sp³-hybridized carbons (Fsp3) is 0.182. The van der Waals surface area contributed by atoms with E-state index in [1.165, 1.54) is 23.3 Å². The zero-order chi connectivity index (χ0) is 22.3. The van der Waals surface area contributed by atoms with E-state index in [1.54, 1.807) is 24.4 Å². The molecule has 4 rings (SSSR count). The van der Waals surface area contributed by atoms with Gasteiger partial charge < -0.3 is 9.84 Å². The number of aliphatic hydroxyl groups excluding tert-OH is 1. The summed E-state index contributed by atoms with van der Waals surface area (Å²) in [6.45, 7) is 3.57. The summed E-state index contributed by atoms with van der Waals surface area (Å²) in [6, 6.07) is 9.86. The first-order chi connectivity index (χ1) is 14.8. The summed E-state index contributed by atoms with van der Waals surface area (Å²) in [5.74, 6) is -2.34. The van der Waals surface area contributed by atoms with E-state index in [2.05, 4.69) is 4.98 Å². The van der Waals surface area contributed by atoms with Gasteiger partial charge in [0.25, 0.3) is 5.91 Å². The molecule has 0 aliphatic carbocycles. The molecule has 0 spiro atoms. The van der Waals surface area contributed by atoms with E-state index >= 15 is 0 Å². The highest BCUT2D eigenvalue weighted by atomic mass is 32.1. The quantitative estimate of drug-likeness (QED) is 0.454.